The quantitative estimate of drug-likeness (QED) is 0.605. The summed E-state index contributed by atoms with van der Waals surface area (Å²) in [5.41, 5.74) is 0. The Labute approximate surface area is 67.8 Å². The summed E-state index contributed by atoms with van der Waals surface area (Å²) in [7, 11) is 1.83. The molecule has 0 aromatic heterocycles. The van der Waals surface area contributed by atoms with Gasteiger partial charge in [-0.3, -0.25) is 0 Å². The van der Waals surface area contributed by atoms with Crippen molar-refractivity contribution >= 4 is 6.03 Å². The molecule has 1 aliphatic rings. The van der Waals surface area contributed by atoms with Crippen molar-refractivity contribution in [1.29, 1.82) is 0 Å². The molecule has 11 heavy (non-hydrogen) atoms. The zero-order valence-corrected chi connectivity index (χ0v) is 7.42. The van der Waals surface area contributed by atoms with E-state index in [2.05, 4.69) is 19.2 Å². The van der Waals surface area contributed by atoms with E-state index in [1.54, 1.807) is 4.90 Å². The molecule has 2 amide bonds. The van der Waals surface area contributed by atoms with Crippen LogP contribution in [0, 0.1) is 5.92 Å². The average Bonchev–Trinajstić information content (AvgIpc) is 1.94. The molecule has 1 rings (SSSR count). The maximum atomic E-state index is 11.1. The molecule has 3 nitrogen and oxygen atoms in total. The molecule has 1 saturated heterocycles. The van der Waals surface area contributed by atoms with Gasteiger partial charge in [-0.05, 0) is 12.3 Å². The Hall–Kier alpha value is -0.730. The monoisotopic (exact) mass is 156 g/mol. The number of nitrogens with zero attached hydrogens (tertiary/aromatic N) is 1. The smallest absolute Gasteiger partial charge is 0.317 e. The molecule has 1 heterocycles. The summed E-state index contributed by atoms with van der Waals surface area (Å²) in [6.45, 7) is 5.15. The van der Waals surface area contributed by atoms with Gasteiger partial charge in [0.25, 0.3) is 0 Å². The molecule has 0 saturated carbocycles. The summed E-state index contributed by atoms with van der Waals surface area (Å²) >= 11 is 0. The Kier molecular flexibility index (Phi) is 2.37. The Bertz CT molecular complexity index is 156. The minimum absolute atomic E-state index is 0.0648. The van der Waals surface area contributed by atoms with Gasteiger partial charge in [0, 0.05) is 19.6 Å². The fraction of sp³-hybridized carbons (Fsp3) is 0.875. The summed E-state index contributed by atoms with van der Waals surface area (Å²) in [6, 6.07) is 0.439. The second-order valence-corrected chi connectivity index (χ2v) is 3.51. The van der Waals surface area contributed by atoms with Crippen LogP contribution in [0.2, 0.25) is 0 Å². The van der Waals surface area contributed by atoms with E-state index in [4.69, 9.17) is 0 Å². The Morgan fingerprint density at radius 2 is 2.27 bits per heavy atom. The molecule has 0 aliphatic carbocycles. The van der Waals surface area contributed by atoms with Gasteiger partial charge < -0.3 is 10.2 Å². The van der Waals surface area contributed by atoms with E-state index in [-0.39, 0.29) is 6.03 Å². The van der Waals surface area contributed by atoms with Gasteiger partial charge in [-0.25, -0.2) is 4.79 Å². The van der Waals surface area contributed by atoms with E-state index in [9.17, 15) is 4.79 Å². The normalized spacial score (nSPS) is 25.6. The first-order chi connectivity index (χ1) is 5.11. The third-order valence-corrected chi connectivity index (χ3v) is 2.24. The molecule has 0 radical (unpaired) electrons. The van der Waals surface area contributed by atoms with Crippen LogP contribution < -0.4 is 5.32 Å². The van der Waals surface area contributed by atoms with Gasteiger partial charge in [0.15, 0.2) is 0 Å². The number of hydrogen-bond donors (Lipinski definition) is 1. The van der Waals surface area contributed by atoms with Crippen LogP contribution in [0.3, 0.4) is 0 Å². The lowest BCUT2D eigenvalue weighted by Crippen LogP contribution is -2.51. The van der Waals surface area contributed by atoms with Crippen molar-refractivity contribution in [3.8, 4) is 0 Å². The summed E-state index contributed by atoms with van der Waals surface area (Å²) in [4.78, 5) is 12.8. The van der Waals surface area contributed by atoms with Crippen LogP contribution in [0.25, 0.3) is 0 Å². The molecule has 1 atom stereocenters. The number of amides is 2. The number of carbonyl (C=O) groups excluding carboxylic acids is 1. The predicted molar refractivity (Wildman–Crippen MR) is 44.4 cm³/mol. The molecule has 1 unspecified atom stereocenters. The molecule has 3 heteroatoms. The molecular formula is C8H16N2O. The van der Waals surface area contributed by atoms with Gasteiger partial charge in [-0.2, -0.15) is 0 Å². The largest absolute Gasteiger partial charge is 0.335 e. The highest BCUT2D eigenvalue weighted by Crippen LogP contribution is 2.11. The molecule has 1 aliphatic heterocycles. The number of hydrogen-bond acceptors (Lipinski definition) is 1. The number of rotatable bonds is 1. The lowest BCUT2D eigenvalue weighted by atomic mass is 9.99. The van der Waals surface area contributed by atoms with Crippen molar-refractivity contribution in [3.63, 3.8) is 0 Å². The van der Waals surface area contributed by atoms with E-state index >= 15 is 0 Å². The van der Waals surface area contributed by atoms with Crippen LogP contribution in [0.15, 0.2) is 0 Å². The van der Waals surface area contributed by atoms with E-state index in [0.717, 1.165) is 13.0 Å². The van der Waals surface area contributed by atoms with Crippen LogP contribution in [0.1, 0.15) is 20.3 Å². The topological polar surface area (TPSA) is 32.3 Å². The van der Waals surface area contributed by atoms with Crippen LogP contribution in [0.5, 0.6) is 0 Å². The first-order valence-electron chi connectivity index (χ1n) is 4.13. The molecule has 1 N–H and O–H groups in total. The highest BCUT2D eigenvalue weighted by molar-refractivity contribution is 5.74. The van der Waals surface area contributed by atoms with Crippen LogP contribution >= 0.6 is 0 Å². The summed E-state index contributed by atoms with van der Waals surface area (Å²) in [5.74, 6) is 0.549. The molecule has 1 fully saturated rings. The number of nitrogens with one attached hydrogen (secondary N) is 1. The minimum atomic E-state index is 0.0648. The summed E-state index contributed by atoms with van der Waals surface area (Å²) in [5, 5.41) is 2.95. The van der Waals surface area contributed by atoms with Gasteiger partial charge in [-0.15, -0.1) is 0 Å². The number of carbonyl (C=O) groups is 1. The fourth-order valence-corrected chi connectivity index (χ4v) is 1.28. The molecule has 0 aromatic carbocycles. The highest BCUT2D eigenvalue weighted by Gasteiger charge is 2.23. The Balaban J connectivity index is 2.46. The fourth-order valence-electron chi connectivity index (χ4n) is 1.28. The average molecular weight is 156 g/mol. The van der Waals surface area contributed by atoms with E-state index in [1.165, 1.54) is 0 Å². The molecular weight excluding hydrogens is 140 g/mol. The second kappa shape index (κ2) is 3.11. The summed E-state index contributed by atoms with van der Waals surface area (Å²) < 4.78 is 0. The first kappa shape index (κ1) is 8.37. The van der Waals surface area contributed by atoms with Crippen molar-refractivity contribution in [3.05, 3.63) is 0 Å². The number of urea groups is 1. The lowest BCUT2D eigenvalue weighted by molar-refractivity contribution is 0.178. The third kappa shape index (κ3) is 1.85. The zero-order chi connectivity index (χ0) is 8.43. The highest BCUT2D eigenvalue weighted by atomic mass is 16.2. The van der Waals surface area contributed by atoms with E-state index in [1.807, 2.05) is 7.05 Å². The third-order valence-electron chi connectivity index (χ3n) is 2.24. The van der Waals surface area contributed by atoms with Gasteiger partial charge >= 0.3 is 6.03 Å². The second-order valence-electron chi connectivity index (χ2n) is 3.51. The molecule has 0 aromatic rings. The van der Waals surface area contributed by atoms with Gasteiger partial charge in [0.2, 0.25) is 0 Å². The van der Waals surface area contributed by atoms with E-state index in [0.29, 0.717) is 12.0 Å². The Morgan fingerprint density at radius 3 is 2.73 bits per heavy atom. The molecule has 0 bridgehead atoms. The van der Waals surface area contributed by atoms with Crippen LogP contribution in [0.4, 0.5) is 4.79 Å². The summed E-state index contributed by atoms with van der Waals surface area (Å²) in [6.07, 6.45) is 1.07. The SMILES string of the molecule is CC(C)C1CCN(C)C(=O)N1. The van der Waals surface area contributed by atoms with Crippen molar-refractivity contribution in [2.24, 2.45) is 5.92 Å². The minimum Gasteiger partial charge on any atom is -0.335 e. The Morgan fingerprint density at radius 1 is 1.64 bits per heavy atom. The maximum absolute atomic E-state index is 11.1. The van der Waals surface area contributed by atoms with E-state index < -0.39 is 0 Å². The van der Waals surface area contributed by atoms with Crippen molar-refractivity contribution in [2.75, 3.05) is 13.6 Å². The zero-order valence-electron chi connectivity index (χ0n) is 7.42. The van der Waals surface area contributed by atoms with Crippen LogP contribution in [-0.2, 0) is 0 Å². The van der Waals surface area contributed by atoms with Crippen molar-refractivity contribution in [2.45, 2.75) is 26.3 Å². The van der Waals surface area contributed by atoms with Crippen molar-refractivity contribution in [1.82, 2.24) is 10.2 Å². The van der Waals surface area contributed by atoms with Crippen molar-refractivity contribution < 1.29 is 4.79 Å². The first-order valence-corrected chi connectivity index (χ1v) is 4.13. The van der Waals surface area contributed by atoms with Gasteiger partial charge in [0.05, 0.1) is 0 Å². The maximum Gasteiger partial charge on any atom is 0.317 e. The van der Waals surface area contributed by atoms with Crippen LogP contribution in [-0.4, -0.2) is 30.6 Å². The van der Waals surface area contributed by atoms with Gasteiger partial charge in [-0.1, -0.05) is 13.8 Å². The standard InChI is InChI=1S/C8H16N2O/c1-6(2)7-4-5-10(3)8(11)9-7/h6-7H,4-5H2,1-3H3,(H,9,11). The lowest BCUT2D eigenvalue weighted by Gasteiger charge is -2.32. The molecule has 0 spiro atoms. The van der Waals surface area contributed by atoms with Gasteiger partial charge in [0.1, 0.15) is 0 Å². The predicted octanol–water partition coefficient (Wildman–Crippen LogP) is 1.06. The molecule has 64 valence electrons.